The van der Waals surface area contributed by atoms with Gasteiger partial charge in [-0.25, -0.2) is 0 Å². The third-order valence-corrected chi connectivity index (χ3v) is 7.69. The molecule has 1 aromatic heterocycles. The Morgan fingerprint density at radius 2 is 1.56 bits per heavy atom. The number of fused-ring (bicyclic) bond motifs is 1. The minimum atomic E-state index is 0. The summed E-state index contributed by atoms with van der Waals surface area (Å²) in [6.07, 6.45) is 3.41. The molecular formula is C26H37Cl2N3O4S. The molecule has 0 N–H and O–H groups in total. The second-order valence-electron chi connectivity index (χ2n) is 8.80. The highest BCUT2D eigenvalue weighted by Gasteiger charge is 2.21. The van der Waals surface area contributed by atoms with Gasteiger partial charge >= 0.3 is 4.87 Å². The van der Waals surface area contributed by atoms with E-state index in [0.29, 0.717) is 11.5 Å². The van der Waals surface area contributed by atoms with Gasteiger partial charge in [0.25, 0.3) is 0 Å². The van der Waals surface area contributed by atoms with E-state index >= 15 is 0 Å². The van der Waals surface area contributed by atoms with Crippen molar-refractivity contribution in [1.29, 1.82) is 0 Å². The van der Waals surface area contributed by atoms with E-state index in [1.54, 1.807) is 25.9 Å². The molecule has 0 bridgehead atoms. The maximum atomic E-state index is 11.9. The molecule has 36 heavy (non-hydrogen) atoms. The van der Waals surface area contributed by atoms with E-state index in [4.69, 9.17) is 14.2 Å². The molecular weight excluding hydrogens is 521 g/mol. The van der Waals surface area contributed by atoms with Crippen LogP contribution in [0.1, 0.15) is 24.0 Å². The van der Waals surface area contributed by atoms with Crippen LogP contribution in [0.2, 0.25) is 0 Å². The first-order valence-corrected chi connectivity index (χ1v) is 12.7. The first-order chi connectivity index (χ1) is 16.5. The number of thiazole rings is 1. The molecule has 1 fully saturated rings. The molecule has 3 aromatic rings. The monoisotopic (exact) mass is 557 g/mol. The molecule has 0 atom stereocenters. The molecule has 2 heterocycles. The molecule has 0 saturated carbocycles. The number of hydrogen-bond acceptors (Lipinski definition) is 7. The number of methoxy groups -OCH3 is 3. The number of nitrogens with zero attached hydrogens (tertiary/aromatic N) is 3. The van der Waals surface area contributed by atoms with E-state index in [1.807, 2.05) is 13.1 Å². The van der Waals surface area contributed by atoms with Crippen LogP contribution in [-0.4, -0.2) is 68.4 Å². The standard InChI is InChI=1S/C26H35N3O4S.2ClH/c1-27-21-10-8-19(17-23(21)34-26(27)30)7-5-6-12-28-13-15-29(16-14-28)18-20-9-11-22(31-2)25(33-4)24(20)32-3;;/h8-11,17H,5-7,12-16,18H2,1-4H3;2*1H. The fraction of sp³-hybridized carbons (Fsp3) is 0.500. The highest BCUT2D eigenvalue weighted by Crippen LogP contribution is 2.40. The summed E-state index contributed by atoms with van der Waals surface area (Å²) >= 11 is 1.33. The quantitative estimate of drug-likeness (QED) is 0.339. The molecule has 4 rings (SSSR count). The van der Waals surface area contributed by atoms with E-state index < -0.39 is 0 Å². The van der Waals surface area contributed by atoms with Crippen LogP contribution in [0.15, 0.2) is 35.1 Å². The average Bonchev–Trinajstić information content (AvgIpc) is 3.14. The Balaban J connectivity index is 0.00000228. The zero-order chi connectivity index (χ0) is 24.1. The number of ether oxygens (including phenoxy) is 3. The van der Waals surface area contributed by atoms with Crippen molar-refractivity contribution in [2.24, 2.45) is 7.05 Å². The van der Waals surface area contributed by atoms with Gasteiger partial charge in [0.1, 0.15) is 0 Å². The highest BCUT2D eigenvalue weighted by atomic mass is 35.5. The Kier molecular flexibility index (Phi) is 11.8. The predicted molar refractivity (Wildman–Crippen MR) is 152 cm³/mol. The maximum absolute atomic E-state index is 11.9. The molecule has 200 valence electrons. The number of aryl methyl sites for hydroxylation is 2. The summed E-state index contributed by atoms with van der Waals surface area (Å²) in [5, 5.41) is 0. The molecule has 1 saturated heterocycles. The van der Waals surface area contributed by atoms with Crippen molar-refractivity contribution in [3.05, 3.63) is 51.1 Å². The van der Waals surface area contributed by atoms with Gasteiger partial charge < -0.3 is 23.7 Å². The van der Waals surface area contributed by atoms with Crippen LogP contribution in [-0.2, 0) is 20.0 Å². The van der Waals surface area contributed by atoms with Crippen molar-refractivity contribution in [2.75, 3.05) is 54.1 Å². The lowest BCUT2D eigenvalue weighted by atomic mass is 10.1. The molecule has 1 aliphatic heterocycles. The molecule has 0 unspecified atom stereocenters. The molecule has 10 heteroatoms. The van der Waals surface area contributed by atoms with Crippen molar-refractivity contribution in [3.63, 3.8) is 0 Å². The highest BCUT2D eigenvalue weighted by molar-refractivity contribution is 7.16. The summed E-state index contributed by atoms with van der Waals surface area (Å²) in [5.41, 5.74) is 3.47. The van der Waals surface area contributed by atoms with Gasteiger partial charge in [-0.2, -0.15) is 0 Å². The normalized spacial score (nSPS) is 14.2. The summed E-state index contributed by atoms with van der Waals surface area (Å²) < 4.78 is 19.4. The number of hydrogen-bond donors (Lipinski definition) is 0. The van der Waals surface area contributed by atoms with Crippen LogP contribution in [0.4, 0.5) is 0 Å². The summed E-state index contributed by atoms with van der Waals surface area (Å²) in [7, 11) is 6.80. The van der Waals surface area contributed by atoms with Crippen LogP contribution in [0.3, 0.4) is 0 Å². The van der Waals surface area contributed by atoms with Crippen LogP contribution in [0, 0.1) is 0 Å². The van der Waals surface area contributed by atoms with Crippen LogP contribution < -0.4 is 19.1 Å². The molecule has 7 nitrogen and oxygen atoms in total. The zero-order valence-corrected chi connectivity index (χ0v) is 23.9. The van der Waals surface area contributed by atoms with Crippen LogP contribution in [0.25, 0.3) is 10.2 Å². The van der Waals surface area contributed by atoms with E-state index in [2.05, 4.69) is 34.1 Å². The van der Waals surface area contributed by atoms with E-state index in [9.17, 15) is 4.79 Å². The number of halogens is 2. The predicted octanol–water partition coefficient (Wildman–Crippen LogP) is 4.61. The van der Waals surface area contributed by atoms with E-state index in [0.717, 1.165) is 73.6 Å². The van der Waals surface area contributed by atoms with E-state index in [-0.39, 0.29) is 29.7 Å². The Morgan fingerprint density at radius 3 is 2.22 bits per heavy atom. The van der Waals surface area contributed by atoms with Gasteiger partial charge in [-0.3, -0.25) is 9.69 Å². The number of piperazine rings is 1. The lowest BCUT2D eigenvalue weighted by molar-refractivity contribution is 0.124. The van der Waals surface area contributed by atoms with Crippen molar-refractivity contribution in [1.82, 2.24) is 14.4 Å². The second kappa shape index (κ2) is 14.1. The molecule has 0 radical (unpaired) electrons. The van der Waals surface area contributed by atoms with Gasteiger partial charge in [-0.15, -0.1) is 24.8 Å². The number of aromatic nitrogens is 1. The first kappa shape index (κ1) is 30.3. The first-order valence-electron chi connectivity index (χ1n) is 11.8. The summed E-state index contributed by atoms with van der Waals surface area (Å²) in [5.74, 6) is 2.10. The van der Waals surface area contributed by atoms with Gasteiger partial charge in [0.2, 0.25) is 5.75 Å². The third-order valence-electron chi connectivity index (χ3n) is 6.69. The zero-order valence-electron chi connectivity index (χ0n) is 21.5. The Hall–Kier alpha value is -1.97. The fourth-order valence-corrected chi connectivity index (χ4v) is 5.64. The molecule has 0 amide bonds. The minimum absolute atomic E-state index is 0. The Bertz CT molecular complexity index is 1180. The molecule has 0 aliphatic carbocycles. The largest absolute Gasteiger partial charge is 0.493 e. The van der Waals surface area contributed by atoms with Gasteiger partial charge in [-0.1, -0.05) is 23.5 Å². The van der Waals surface area contributed by atoms with Crippen molar-refractivity contribution in [3.8, 4) is 17.2 Å². The number of benzene rings is 2. The Labute approximate surface area is 229 Å². The Morgan fingerprint density at radius 1 is 0.861 bits per heavy atom. The molecule has 1 aliphatic rings. The SMILES string of the molecule is COc1ccc(CN2CCN(CCCCc3ccc4c(c3)sc(=O)n4C)CC2)c(OC)c1OC.Cl.Cl. The maximum Gasteiger partial charge on any atom is 0.307 e. The smallest absolute Gasteiger partial charge is 0.307 e. The fourth-order valence-electron chi connectivity index (χ4n) is 4.70. The molecule has 0 spiro atoms. The summed E-state index contributed by atoms with van der Waals surface area (Å²) in [6.45, 7) is 6.22. The van der Waals surface area contributed by atoms with E-state index in [1.165, 1.54) is 23.3 Å². The van der Waals surface area contributed by atoms with Gasteiger partial charge in [-0.05, 0) is 49.6 Å². The van der Waals surface area contributed by atoms with Crippen LogP contribution in [0.5, 0.6) is 17.2 Å². The third kappa shape index (κ3) is 6.86. The van der Waals surface area contributed by atoms with Crippen molar-refractivity contribution < 1.29 is 14.2 Å². The lowest BCUT2D eigenvalue weighted by Crippen LogP contribution is -2.46. The summed E-state index contributed by atoms with van der Waals surface area (Å²) in [4.78, 5) is 17.0. The van der Waals surface area contributed by atoms with Crippen LogP contribution >= 0.6 is 36.2 Å². The van der Waals surface area contributed by atoms with Gasteiger partial charge in [0.05, 0.1) is 31.5 Å². The topological polar surface area (TPSA) is 56.2 Å². The van der Waals surface area contributed by atoms with Crippen molar-refractivity contribution >= 4 is 46.4 Å². The van der Waals surface area contributed by atoms with Crippen molar-refractivity contribution in [2.45, 2.75) is 25.8 Å². The second-order valence-corrected chi connectivity index (χ2v) is 9.79. The minimum Gasteiger partial charge on any atom is -0.493 e. The van der Waals surface area contributed by atoms with Gasteiger partial charge in [0, 0.05) is 45.3 Å². The van der Waals surface area contributed by atoms with Gasteiger partial charge in [0.15, 0.2) is 11.5 Å². The lowest BCUT2D eigenvalue weighted by Gasteiger charge is -2.35. The molecule has 2 aromatic carbocycles. The number of rotatable bonds is 10. The number of unbranched alkanes of at least 4 members (excludes halogenated alkanes) is 1. The average molecular weight is 559 g/mol. The summed E-state index contributed by atoms with van der Waals surface area (Å²) in [6, 6.07) is 10.4.